The fourth-order valence-corrected chi connectivity index (χ4v) is 3.49. The topological polar surface area (TPSA) is 68.0 Å². The van der Waals surface area contributed by atoms with Gasteiger partial charge >= 0.3 is 0 Å². The maximum absolute atomic E-state index is 12.3. The molecule has 124 valence electrons. The van der Waals surface area contributed by atoms with Gasteiger partial charge in [-0.25, -0.2) is 0 Å². The minimum Gasteiger partial charge on any atom is -0.383 e. The molecular formula is C15H25N3O3S. The van der Waals surface area contributed by atoms with Crippen LogP contribution in [0, 0.1) is 0 Å². The van der Waals surface area contributed by atoms with Crippen molar-refractivity contribution < 1.29 is 14.3 Å². The number of nitrogens with zero attached hydrogens (tertiary/aromatic N) is 2. The molecule has 1 amide bonds. The van der Waals surface area contributed by atoms with E-state index in [4.69, 9.17) is 15.2 Å². The van der Waals surface area contributed by atoms with Crippen molar-refractivity contribution in [3.63, 3.8) is 0 Å². The van der Waals surface area contributed by atoms with Crippen LogP contribution in [0.2, 0.25) is 0 Å². The van der Waals surface area contributed by atoms with E-state index in [1.165, 1.54) is 4.88 Å². The van der Waals surface area contributed by atoms with Crippen molar-refractivity contribution in [2.45, 2.75) is 12.1 Å². The largest absolute Gasteiger partial charge is 0.383 e. The van der Waals surface area contributed by atoms with Crippen LogP contribution in [0.1, 0.15) is 10.9 Å². The molecule has 7 heteroatoms. The van der Waals surface area contributed by atoms with Crippen LogP contribution in [-0.4, -0.2) is 75.4 Å². The predicted octanol–water partition coefficient (Wildman–Crippen LogP) is 0.554. The summed E-state index contributed by atoms with van der Waals surface area (Å²) in [5, 5.41) is 2.07. The molecule has 6 nitrogen and oxygen atoms in total. The van der Waals surface area contributed by atoms with E-state index in [2.05, 4.69) is 16.3 Å². The Labute approximate surface area is 135 Å². The van der Waals surface area contributed by atoms with Crippen LogP contribution < -0.4 is 5.73 Å². The van der Waals surface area contributed by atoms with E-state index in [0.29, 0.717) is 6.54 Å². The summed E-state index contributed by atoms with van der Waals surface area (Å²) < 4.78 is 10.4. The van der Waals surface area contributed by atoms with Crippen molar-refractivity contribution in [3.05, 3.63) is 22.4 Å². The van der Waals surface area contributed by atoms with Crippen molar-refractivity contribution in [2.24, 2.45) is 5.73 Å². The van der Waals surface area contributed by atoms with E-state index < -0.39 is 6.04 Å². The van der Waals surface area contributed by atoms with Crippen LogP contribution in [0.5, 0.6) is 0 Å². The molecule has 1 saturated heterocycles. The average molecular weight is 327 g/mol. The number of carbonyl (C=O) groups excluding carboxylic acids is 1. The molecule has 2 unspecified atom stereocenters. The van der Waals surface area contributed by atoms with Crippen LogP contribution >= 0.6 is 11.3 Å². The molecule has 0 saturated carbocycles. The third kappa shape index (κ3) is 4.50. The number of methoxy groups -OCH3 is 1. The minimum atomic E-state index is -0.608. The summed E-state index contributed by atoms with van der Waals surface area (Å²) in [6.45, 7) is 4.11. The van der Waals surface area contributed by atoms with Crippen LogP contribution in [0.25, 0.3) is 0 Å². The summed E-state index contributed by atoms with van der Waals surface area (Å²) in [6.07, 6.45) is 0. The number of rotatable bonds is 7. The molecule has 0 radical (unpaired) electrons. The quantitative estimate of drug-likeness (QED) is 0.792. The van der Waals surface area contributed by atoms with E-state index in [1.807, 2.05) is 6.07 Å². The van der Waals surface area contributed by atoms with Crippen LogP contribution in [-0.2, 0) is 14.3 Å². The number of ether oxygens (including phenoxy) is 2. The molecule has 1 aromatic rings. The number of hydrogen-bond acceptors (Lipinski definition) is 6. The summed E-state index contributed by atoms with van der Waals surface area (Å²) in [5.41, 5.74) is 5.85. The van der Waals surface area contributed by atoms with Crippen molar-refractivity contribution in [3.8, 4) is 0 Å². The highest BCUT2D eigenvalue weighted by molar-refractivity contribution is 7.10. The number of carbonyl (C=O) groups is 1. The molecule has 0 aliphatic carbocycles. The highest BCUT2D eigenvalue weighted by Crippen LogP contribution is 2.26. The first-order chi connectivity index (χ1) is 10.6. The summed E-state index contributed by atoms with van der Waals surface area (Å²) in [5.74, 6) is -0.0864. The SMILES string of the molecule is COCC(N)C(=O)N(C)CC(c1cccs1)N1CCOCC1. The standard InChI is InChI=1S/C15H25N3O3S/c1-17(15(19)12(16)11-20-2)10-13(14-4-3-9-22-14)18-5-7-21-8-6-18/h3-4,9,12-13H,5-8,10-11,16H2,1-2H3. The summed E-state index contributed by atoms with van der Waals surface area (Å²) in [4.78, 5) is 17.7. The molecule has 22 heavy (non-hydrogen) atoms. The molecule has 1 fully saturated rings. The van der Waals surface area contributed by atoms with Gasteiger partial charge in [-0.3, -0.25) is 9.69 Å². The van der Waals surface area contributed by atoms with Gasteiger partial charge in [0.1, 0.15) is 6.04 Å². The maximum Gasteiger partial charge on any atom is 0.241 e. The molecule has 1 aliphatic rings. The van der Waals surface area contributed by atoms with E-state index in [9.17, 15) is 4.79 Å². The number of amides is 1. The number of likely N-dealkylation sites (N-methyl/N-ethyl adjacent to an activating group) is 1. The molecule has 2 heterocycles. The Morgan fingerprint density at radius 2 is 2.27 bits per heavy atom. The van der Waals surface area contributed by atoms with Gasteiger partial charge in [0.2, 0.25) is 5.91 Å². The normalized spacial score (nSPS) is 18.9. The number of hydrogen-bond donors (Lipinski definition) is 1. The fraction of sp³-hybridized carbons (Fsp3) is 0.667. The highest BCUT2D eigenvalue weighted by Gasteiger charge is 2.27. The van der Waals surface area contributed by atoms with E-state index in [0.717, 1.165) is 26.3 Å². The Morgan fingerprint density at radius 1 is 1.55 bits per heavy atom. The van der Waals surface area contributed by atoms with Gasteiger partial charge in [-0.2, -0.15) is 0 Å². The Kier molecular flexibility index (Phi) is 6.78. The lowest BCUT2D eigenvalue weighted by Gasteiger charge is -2.36. The van der Waals surface area contributed by atoms with Crippen LogP contribution in [0.15, 0.2) is 17.5 Å². The molecule has 1 aromatic heterocycles. The first-order valence-corrected chi connectivity index (χ1v) is 8.36. The van der Waals surface area contributed by atoms with Gasteiger partial charge in [-0.05, 0) is 11.4 Å². The third-order valence-electron chi connectivity index (χ3n) is 3.84. The zero-order valence-corrected chi connectivity index (χ0v) is 14.1. The van der Waals surface area contributed by atoms with Gasteiger partial charge in [0, 0.05) is 38.7 Å². The van der Waals surface area contributed by atoms with Gasteiger partial charge in [-0.1, -0.05) is 6.07 Å². The summed E-state index contributed by atoms with van der Waals surface area (Å²) in [7, 11) is 3.36. The van der Waals surface area contributed by atoms with E-state index >= 15 is 0 Å². The third-order valence-corrected chi connectivity index (χ3v) is 4.82. The molecule has 0 spiro atoms. The van der Waals surface area contributed by atoms with Crippen molar-refractivity contribution >= 4 is 17.2 Å². The molecule has 2 N–H and O–H groups in total. The average Bonchev–Trinajstić information content (AvgIpc) is 3.06. The maximum atomic E-state index is 12.3. The zero-order chi connectivity index (χ0) is 15.9. The first-order valence-electron chi connectivity index (χ1n) is 7.48. The Hall–Kier alpha value is -0.990. The molecule has 0 bridgehead atoms. The lowest BCUT2D eigenvalue weighted by Crippen LogP contribution is -2.48. The van der Waals surface area contributed by atoms with Gasteiger partial charge in [0.05, 0.1) is 25.9 Å². The molecule has 2 atom stereocenters. The Balaban J connectivity index is 2.04. The molecular weight excluding hydrogens is 302 g/mol. The van der Waals surface area contributed by atoms with Crippen LogP contribution in [0.3, 0.4) is 0 Å². The fourth-order valence-electron chi connectivity index (χ4n) is 2.64. The minimum absolute atomic E-state index is 0.0864. The van der Waals surface area contributed by atoms with Gasteiger partial charge in [-0.15, -0.1) is 11.3 Å². The Morgan fingerprint density at radius 3 is 2.86 bits per heavy atom. The smallest absolute Gasteiger partial charge is 0.241 e. The second-order valence-electron chi connectivity index (χ2n) is 5.46. The second kappa shape index (κ2) is 8.59. The number of nitrogens with two attached hydrogens (primary N) is 1. The summed E-state index contributed by atoms with van der Waals surface area (Å²) >= 11 is 1.72. The summed E-state index contributed by atoms with van der Waals surface area (Å²) in [6, 6.07) is 3.75. The lowest BCUT2D eigenvalue weighted by atomic mass is 10.1. The lowest BCUT2D eigenvalue weighted by molar-refractivity contribution is -0.133. The number of morpholine rings is 1. The van der Waals surface area contributed by atoms with Crippen LogP contribution in [0.4, 0.5) is 0 Å². The van der Waals surface area contributed by atoms with E-state index in [-0.39, 0.29) is 18.6 Å². The highest BCUT2D eigenvalue weighted by atomic mass is 32.1. The van der Waals surface area contributed by atoms with Crippen molar-refractivity contribution in [1.29, 1.82) is 0 Å². The van der Waals surface area contributed by atoms with Crippen molar-refractivity contribution in [2.75, 3.05) is 53.6 Å². The van der Waals surface area contributed by atoms with E-state index in [1.54, 1.807) is 30.4 Å². The molecule has 2 rings (SSSR count). The van der Waals surface area contributed by atoms with Gasteiger partial charge in [0.25, 0.3) is 0 Å². The monoisotopic (exact) mass is 327 g/mol. The molecule has 0 aromatic carbocycles. The number of thiophene rings is 1. The second-order valence-corrected chi connectivity index (χ2v) is 6.44. The first kappa shape index (κ1) is 17.4. The predicted molar refractivity (Wildman–Crippen MR) is 86.9 cm³/mol. The van der Waals surface area contributed by atoms with Crippen molar-refractivity contribution in [1.82, 2.24) is 9.80 Å². The molecule has 1 aliphatic heterocycles. The Bertz CT molecular complexity index is 449. The zero-order valence-electron chi connectivity index (χ0n) is 13.2. The van der Waals surface area contributed by atoms with Gasteiger partial charge < -0.3 is 20.1 Å². The van der Waals surface area contributed by atoms with Gasteiger partial charge in [0.15, 0.2) is 0 Å².